The highest BCUT2D eigenvalue weighted by molar-refractivity contribution is 14.1. The number of aromatic nitrogens is 1. The molecule has 1 heterocycles. The number of nitrogens with zero attached hydrogens (tertiary/aromatic N) is 1. The number of hydrogen-bond donors (Lipinski definition) is 2. The summed E-state index contributed by atoms with van der Waals surface area (Å²) in [4.78, 5) is 15.0. The molecule has 2 N–H and O–H groups in total. The van der Waals surface area contributed by atoms with Crippen LogP contribution in [0.5, 0.6) is 5.75 Å². The second-order valence-electron chi connectivity index (χ2n) is 5.65. The molecule has 5 nitrogen and oxygen atoms in total. The number of rotatable bonds is 6. The van der Waals surface area contributed by atoms with Crippen LogP contribution in [0.3, 0.4) is 0 Å². The maximum absolute atomic E-state index is 10.7. The topological polar surface area (TPSA) is 71.5 Å². The molecule has 0 spiro atoms. The van der Waals surface area contributed by atoms with Gasteiger partial charge in [0.1, 0.15) is 9.45 Å². The van der Waals surface area contributed by atoms with E-state index >= 15 is 0 Å². The van der Waals surface area contributed by atoms with Gasteiger partial charge in [0.2, 0.25) is 0 Å². The quantitative estimate of drug-likeness (QED) is 0.575. The number of aryl methyl sites for hydroxylation is 1. The Kier molecular flexibility index (Phi) is 6.04. The highest BCUT2D eigenvalue weighted by Gasteiger charge is 2.23. The van der Waals surface area contributed by atoms with Crippen LogP contribution in [0.4, 0.5) is 4.79 Å². The van der Waals surface area contributed by atoms with E-state index in [9.17, 15) is 4.79 Å². The smallest absolute Gasteiger partial charge is 0.405 e. The van der Waals surface area contributed by atoms with Crippen LogP contribution in [-0.4, -0.2) is 28.3 Å². The van der Waals surface area contributed by atoms with Gasteiger partial charge in [0.05, 0.1) is 12.3 Å². The van der Waals surface area contributed by atoms with Crippen molar-refractivity contribution in [2.24, 2.45) is 5.92 Å². The van der Waals surface area contributed by atoms with Crippen LogP contribution < -0.4 is 10.1 Å². The van der Waals surface area contributed by atoms with E-state index in [2.05, 4.69) is 32.9 Å². The Morgan fingerprint density at radius 2 is 2.20 bits per heavy atom. The fraction of sp³-hybridized carbons (Fsp3) is 0.571. The molecule has 20 heavy (non-hydrogen) atoms. The van der Waals surface area contributed by atoms with Crippen molar-refractivity contribution in [3.63, 3.8) is 0 Å². The monoisotopic (exact) mass is 392 g/mol. The molecule has 0 aliphatic heterocycles. The Hall–Kier alpha value is -1.05. The summed E-state index contributed by atoms with van der Waals surface area (Å²) < 4.78 is 6.70. The summed E-state index contributed by atoms with van der Waals surface area (Å²) in [5.41, 5.74) is 0.403. The largest absolute Gasteiger partial charge is 0.491 e. The zero-order valence-electron chi connectivity index (χ0n) is 12.2. The van der Waals surface area contributed by atoms with Crippen LogP contribution in [0.15, 0.2) is 12.1 Å². The molecule has 0 aromatic carbocycles. The number of hydrogen-bond acceptors (Lipinski definition) is 3. The molecule has 0 unspecified atom stereocenters. The number of carbonyl (C=O) groups is 1. The minimum atomic E-state index is -0.999. The molecule has 0 aliphatic carbocycles. The van der Waals surface area contributed by atoms with E-state index in [4.69, 9.17) is 9.84 Å². The van der Waals surface area contributed by atoms with Crippen molar-refractivity contribution < 1.29 is 14.6 Å². The lowest BCUT2D eigenvalue weighted by molar-refractivity contribution is 0.169. The van der Waals surface area contributed by atoms with Gasteiger partial charge >= 0.3 is 6.09 Å². The fourth-order valence-electron chi connectivity index (χ4n) is 2.17. The summed E-state index contributed by atoms with van der Waals surface area (Å²) in [6.07, 6.45) is -0.295. The molecule has 1 amide bonds. The average Bonchev–Trinajstić information content (AvgIpc) is 2.24. The Balaban J connectivity index is 2.50. The summed E-state index contributed by atoms with van der Waals surface area (Å²) in [7, 11) is 0. The SMILES string of the molecule is Cc1nc(I)ccc1OC[C@@H](C)CC(C)(C)NC(=O)O. The van der Waals surface area contributed by atoms with Crippen molar-refractivity contribution in [2.75, 3.05) is 6.61 Å². The standard InChI is InChI=1S/C14H21IN2O3/c1-9(7-14(3,4)17-13(18)19)8-20-11-5-6-12(15)16-10(11)2/h5-6,9,17H,7-8H2,1-4H3,(H,18,19)/t9-/m0/s1. The van der Waals surface area contributed by atoms with Gasteiger partial charge in [-0.2, -0.15) is 0 Å². The summed E-state index contributed by atoms with van der Waals surface area (Å²) in [6.45, 7) is 8.23. The van der Waals surface area contributed by atoms with Gasteiger partial charge < -0.3 is 15.2 Å². The predicted octanol–water partition coefficient (Wildman–Crippen LogP) is 3.45. The number of nitrogens with one attached hydrogen (secondary N) is 1. The first-order valence-corrected chi connectivity index (χ1v) is 7.54. The van der Waals surface area contributed by atoms with Crippen LogP contribution in [-0.2, 0) is 0 Å². The van der Waals surface area contributed by atoms with Crippen LogP contribution in [0.2, 0.25) is 0 Å². The predicted molar refractivity (Wildman–Crippen MR) is 86.2 cm³/mol. The molecule has 112 valence electrons. The first kappa shape index (κ1) is 17.0. The number of pyridine rings is 1. The van der Waals surface area contributed by atoms with Crippen molar-refractivity contribution in [1.29, 1.82) is 0 Å². The zero-order valence-corrected chi connectivity index (χ0v) is 14.4. The van der Waals surface area contributed by atoms with Gasteiger partial charge in [-0.25, -0.2) is 9.78 Å². The lowest BCUT2D eigenvalue weighted by Gasteiger charge is -2.28. The van der Waals surface area contributed by atoms with Crippen molar-refractivity contribution in [1.82, 2.24) is 10.3 Å². The third kappa shape index (κ3) is 5.94. The maximum Gasteiger partial charge on any atom is 0.405 e. The number of carboxylic acid groups (broad SMARTS) is 1. The zero-order chi connectivity index (χ0) is 15.3. The lowest BCUT2D eigenvalue weighted by atomic mass is 9.92. The first-order valence-electron chi connectivity index (χ1n) is 6.46. The van der Waals surface area contributed by atoms with Crippen LogP contribution in [0.25, 0.3) is 0 Å². The molecule has 1 aromatic heterocycles. The molecule has 0 saturated heterocycles. The van der Waals surface area contributed by atoms with Crippen LogP contribution in [0.1, 0.15) is 32.9 Å². The number of ether oxygens (including phenoxy) is 1. The van der Waals surface area contributed by atoms with Gasteiger partial charge in [-0.3, -0.25) is 0 Å². The third-order valence-corrected chi connectivity index (χ3v) is 3.43. The second-order valence-corrected chi connectivity index (χ2v) is 6.76. The van der Waals surface area contributed by atoms with Crippen molar-refractivity contribution >= 4 is 28.7 Å². The van der Waals surface area contributed by atoms with Gasteiger partial charge in [0, 0.05) is 5.54 Å². The molecule has 6 heteroatoms. The summed E-state index contributed by atoms with van der Waals surface area (Å²) >= 11 is 2.16. The molecule has 1 atom stereocenters. The first-order chi connectivity index (χ1) is 9.19. The molecule has 0 fully saturated rings. The maximum atomic E-state index is 10.7. The Bertz CT molecular complexity index is 477. The molecular formula is C14H21IN2O3. The Labute approximate surface area is 133 Å². The molecule has 0 saturated carbocycles. The van der Waals surface area contributed by atoms with Gasteiger partial charge in [-0.1, -0.05) is 6.92 Å². The minimum Gasteiger partial charge on any atom is -0.491 e. The second kappa shape index (κ2) is 7.10. The van der Waals surface area contributed by atoms with Crippen molar-refractivity contribution in [2.45, 2.75) is 39.7 Å². The third-order valence-electron chi connectivity index (χ3n) is 2.83. The minimum absolute atomic E-state index is 0.232. The normalized spacial score (nSPS) is 12.8. The molecule has 0 aliphatic rings. The highest BCUT2D eigenvalue weighted by Crippen LogP contribution is 2.20. The summed E-state index contributed by atoms with van der Waals surface area (Å²) in [6, 6.07) is 3.82. The Morgan fingerprint density at radius 1 is 1.55 bits per heavy atom. The van der Waals surface area contributed by atoms with Crippen LogP contribution in [0, 0.1) is 16.5 Å². The van der Waals surface area contributed by atoms with Crippen molar-refractivity contribution in [3.8, 4) is 5.75 Å². The fourth-order valence-corrected chi connectivity index (χ4v) is 2.71. The van der Waals surface area contributed by atoms with E-state index in [1.807, 2.05) is 39.8 Å². The van der Waals surface area contributed by atoms with E-state index in [-0.39, 0.29) is 5.92 Å². The molecule has 0 bridgehead atoms. The number of amides is 1. The van der Waals surface area contributed by atoms with E-state index in [0.29, 0.717) is 13.0 Å². The average molecular weight is 392 g/mol. The summed E-state index contributed by atoms with van der Waals surface area (Å²) in [5, 5.41) is 11.3. The van der Waals surface area contributed by atoms with E-state index in [0.717, 1.165) is 15.1 Å². The highest BCUT2D eigenvalue weighted by atomic mass is 127. The van der Waals surface area contributed by atoms with E-state index < -0.39 is 11.6 Å². The molecule has 1 rings (SSSR count). The van der Waals surface area contributed by atoms with E-state index in [1.165, 1.54) is 0 Å². The van der Waals surface area contributed by atoms with E-state index in [1.54, 1.807) is 0 Å². The molecule has 0 radical (unpaired) electrons. The van der Waals surface area contributed by atoms with Gasteiger partial charge in [-0.05, 0) is 67.8 Å². The van der Waals surface area contributed by atoms with Crippen LogP contribution >= 0.6 is 22.6 Å². The summed E-state index contributed by atoms with van der Waals surface area (Å²) in [5.74, 6) is 1.01. The Morgan fingerprint density at radius 3 is 2.75 bits per heavy atom. The van der Waals surface area contributed by atoms with Gasteiger partial charge in [0.25, 0.3) is 0 Å². The number of halogens is 1. The lowest BCUT2D eigenvalue weighted by Crippen LogP contribution is -2.44. The molecular weight excluding hydrogens is 371 g/mol. The van der Waals surface area contributed by atoms with Crippen molar-refractivity contribution in [3.05, 3.63) is 21.5 Å². The van der Waals surface area contributed by atoms with Gasteiger partial charge in [-0.15, -0.1) is 0 Å². The molecule has 1 aromatic rings. The van der Waals surface area contributed by atoms with Gasteiger partial charge in [0.15, 0.2) is 0 Å².